The second kappa shape index (κ2) is 64.2. The summed E-state index contributed by atoms with van der Waals surface area (Å²) < 4.78 is 77.0. The van der Waals surface area contributed by atoms with Crippen LogP contribution in [0.25, 0.3) is 11.1 Å². The minimum absolute atomic E-state index is 0.155. The van der Waals surface area contributed by atoms with E-state index >= 15 is 0 Å². The maximum absolute atomic E-state index is 12.6. The summed E-state index contributed by atoms with van der Waals surface area (Å²) in [5.41, 5.74) is 10.2. The normalized spacial score (nSPS) is 11.2. The molecule has 712 valence electrons. The first-order chi connectivity index (χ1) is 65.2. The molecule has 0 aliphatic heterocycles. The summed E-state index contributed by atoms with van der Waals surface area (Å²) in [6.45, 7) is 14.6. The lowest BCUT2D eigenvalue weighted by Crippen LogP contribution is -2.17. The second-order valence-electron chi connectivity index (χ2n) is 35.7. The van der Waals surface area contributed by atoms with Crippen molar-refractivity contribution in [1.29, 1.82) is 0 Å². The zero-order valence-corrected chi connectivity index (χ0v) is 80.9. The van der Waals surface area contributed by atoms with Crippen LogP contribution < -0.4 is 62.2 Å². The van der Waals surface area contributed by atoms with E-state index < -0.39 is 0 Å². The van der Waals surface area contributed by atoms with E-state index in [2.05, 4.69) is 81.5 Å². The van der Waals surface area contributed by atoms with Gasteiger partial charge in [-0.2, -0.15) is 0 Å². The van der Waals surface area contributed by atoms with Crippen molar-refractivity contribution in [2.24, 2.45) is 0 Å². The van der Waals surface area contributed by atoms with E-state index in [1.54, 1.807) is 7.05 Å². The fourth-order valence-electron chi connectivity index (χ4n) is 16.1. The van der Waals surface area contributed by atoms with Gasteiger partial charge in [0.05, 0.1) is 26.4 Å². The van der Waals surface area contributed by atoms with E-state index in [1.165, 1.54) is 231 Å². The Morgan fingerprint density at radius 3 is 0.659 bits per heavy atom. The number of benzene rings is 10. The first-order valence-corrected chi connectivity index (χ1v) is 51.0. The summed E-state index contributed by atoms with van der Waals surface area (Å²) >= 11 is 0. The zero-order chi connectivity index (χ0) is 92.0. The summed E-state index contributed by atoms with van der Waals surface area (Å²) in [5, 5.41) is 2.73. The largest absolute Gasteiger partial charge is 0.494 e. The SMILES string of the molecule is CCCCCCCCCCCCOc1ccc(COc2ccc(COc3ccc(COc4cc(OCc5ccc(OCc6ccc(OCc7ccc(OCCCCCCCCCCCC)cc7)c(OCc7ccc(OCCCCCCCCCCCC)cc7)c6)cc5)cc(-c5ccc(C(=O)NC)cc5)c4)cc3)cc2OCc2ccc(OCCCCCCCCCCCC)cc2)cc1. The van der Waals surface area contributed by atoms with Crippen LogP contribution >= 0.6 is 0 Å². The average molecular weight is 1800 g/mol. The van der Waals surface area contributed by atoms with E-state index in [-0.39, 0.29) is 19.1 Å². The van der Waals surface area contributed by atoms with Gasteiger partial charge in [0.1, 0.15) is 98.9 Å². The predicted octanol–water partition coefficient (Wildman–Crippen LogP) is 32.5. The zero-order valence-electron chi connectivity index (χ0n) is 80.9. The van der Waals surface area contributed by atoms with Crippen LogP contribution in [-0.2, 0) is 52.9 Å². The van der Waals surface area contributed by atoms with Gasteiger partial charge in [-0.1, -0.05) is 356 Å². The van der Waals surface area contributed by atoms with Crippen molar-refractivity contribution < 1.29 is 61.6 Å². The minimum atomic E-state index is -0.155. The van der Waals surface area contributed by atoms with Crippen LogP contribution in [0.5, 0.6) is 69.0 Å². The standard InChI is InChI=1S/C118H157NO13/c1-6-10-14-18-22-26-30-34-38-42-78-121-106-64-46-97(47-65-106)89-129-114-76-58-101(82-116(114)131-91-99-50-68-108(69-51-99)123-80-44-40-36-32-28-24-20-16-12-8-3)93-125-110-72-54-95(55-73-110)87-127-112-84-105(103-60-62-104(63-61-103)118(120)119-5)85-113(86-112)128-88-96-56-74-111(75-57-96)126-94-102-59-77-115(130-90-98-48-66-107(67-49-98)122-79-43-39-35-31-27-23-19-15-11-7-2)117(83-102)132-92-100-52-70-109(71-53-100)124-81-45-41-37-33-29-25-21-17-13-9-4/h46-77,82-86H,6-45,78-81,87-94H2,1-5H3,(H,119,120). The van der Waals surface area contributed by atoms with Crippen molar-refractivity contribution >= 4 is 5.91 Å². The third kappa shape index (κ3) is 42.0. The average Bonchev–Trinajstić information content (AvgIpc) is 0.826. The van der Waals surface area contributed by atoms with Gasteiger partial charge in [0.15, 0.2) is 23.0 Å². The number of unbranched alkanes of at least 4 members (excludes halogenated alkanes) is 36. The molecule has 0 atom stereocenters. The Morgan fingerprint density at radius 2 is 0.402 bits per heavy atom. The quantitative estimate of drug-likeness (QED) is 0.0362. The molecule has 0 saturated carbocycles. The van der Waals surface area contributed by atoms with Gasteiger partial charge in [-0.25, -0.2) is 0 Å². The highest BCUT2D eigenvalue weighted by atomic mass is 16.5. The number of rotatable bonds is 74. The van der Waals surface area contributed by atoms with Crippen LogP contribution in [0, 0.1) is 0 Å². The molecule has 0 aromatic heterocycles. The summed E-state index contributed by atoms with van der Waals surface area (Å²) in [7, 11) is 1.63. The monoisotopic (exact) mass is 1800 g/mol. The Labute approximate surface area is 793 Å². The van der Waals surface area contributed by atoms with Crippen molar-refractivity contribution in [3.8, 4) is 80.1 Å². The molecule has 0 heterocycles. The number of hydrogen-bond donors (Lipinski definition) is 1. The van der Waals surface area contributed by atoms with Crippen LogP contribution in [0.15, 0.2) is 224 Å². The Morgan fingerprint density at radius 1 is 0.189 bits per heavy atom. The lowest BCUT2D eigenvalue weighted by atomic mass is 10.0. The first kappa shape index (κ1) is 103. The van der Waals surface area contributed by atoms with Gasteiger partial charge in [-0.05, 0) is 203 Å². The van der Waals surface area contributed by atoms with Crippen molar-refractivity contribution in [2.75, 3.05) is 33.5 Å². The smallest absolute Gasteiger partial charge is 0.251 e. The molecule has 0 spiro atoms. The van der Waals surface area contributed by atoms with Gasteiger partial charge < -0.3 is 62.2 Å². The molecule has 10 aromatic rings. The molecule has 14 heteroatoms. The fourth-order valence-corrected chi connectivity index (χ4v) is 16.1. The Kier molecular flexibility index (Phi) is 50.3. The maximum Gasteiger partial charge on any atom is 0.251 e. The third-order valence-corrected chi connectivity index (χ3v) is 24.4. The number of amides is 1. The molecule has 1 N–H and O–H groups in total. The van der Waals surface area contributed by atoms with Gasteiger partial charge in [-0.3, -0.25) is 4.79 Å². The predicted molar refractivity (Wildman–Crippen MR) is 541 cm³/mol. The lowest BCUT2D eigenvalue weighted by Gasteiger charge is -2.16. The molecule has 0 aliphatic carbocycles. The topological polar surface area (TPSA) is 140 Å². The lowest BCUT2D eigenvalue weighted by molar-refractivity contribution is 0.0963. The molecule has 0 saturated heterocycles. The van der Waals surface area contributed by atoms with E-state index in [0.717, 1.165) is 131 Å². The summed E-state index contributed by atoms with van der Waals surface area (Å²) in [5.74, 6) is 8.56. The number of carbonyl (C=O) groups excluding carboxylic acids is 1. The number of hydrogen-bond acceptors (Lipinski definition) is 13. The Bertz CT molecular complexity index is 4400. The molecule has 10 rings (SSSR count). The summed E-state index contributed by atoms with van der Waals surface area (Å²) in [6.07, 6.45) is 51.8. The van der Waals surface area contributed by atoms with Crippen molar-refractivity contribution in [3.63, 3.8) is 0 Å². The summed E-state index contributed by atoms with van der Waals surface area (Å²) in [6, 6.07) is 74.3. The van der Waals surface area contributed by atoms with E-state index in [4.69, 9.17) is 56.8 Å². The van der Waals surface area contributed by atoms with Crippen LogP contribution in [-0.4, -0.2) is 39.4 Å². The van der Waals surface area contributed by atoms with Gasteiger partial charge in [0, 0.05) is 18.7 Å². The number of ether oxygens (including phenoxy) is 12. The fraction of sp³-hybridized carbons (Fsp3) is 0.483. The van der Waals surface area contributed by atoms with Crippen molar-refractivity contribution in [1.82, 2.24) is 5.32 Å². The molecular formula is C118H157NO13. The molecular weight excluding hydrogens is 1640 g/mol. The van der Waals surface area contributed by atoms with Gasteiger partial charge in [0.25, 0.3) is 5.91 Å². The van der Waals surface area contributed by atoms with Gasteiger partial charge >= 0.3 is 0 Å². The number of carbonyl (C=O) groups is 1. The highest BCUT2D eigenvalue weighted by Crippen LogP contribution is 2.37. The van der Waals surface area contributed by atoms with Crippen LogP contribution in [0.2, 0.25) is 0 Å². The minimum Gasteiger partial charge on any atom is -0.494 e. The Balaban J connectivity index is 0.725. The van der Waals surface area contributed by atoms with Crippen molar-refractivity contribution in [3.05, 3.63) is 275 Å². The molecule has 132 heavy (non-hydrogen) atoms. The van der Waals surface area contributed by atoms with Gasteiger partial charge in [-0.15, -0.1) is 0 Å². The molecule has 0 fully saturated rings. The highest BCUT2D eigenvalue weighted by molar-refractivity contribution is 5.94. The van der Waals surface area contributed by atoms with Crippen LogP contribution in [0.1, 0.15) is 339 Å². The number of nitrogens with one attached hydrogen (secondary N) is 1. The van der Waals surface area contributed by atoms with E-state index in [1.807, 2.05) is 176 Å². The van der Waals surface area contributed by atoms with Crippen LogP contribution in [0.4, 0.5) is 0 Å². The molecule has 0 bridgehead atoms. The molecule has 0 radical (unpaired) electrons. The van der Waals surface area contributed by atoms with Crippen molar-refractivity contribution in [2.45, 2.75) is 337 Å². The van der Waals surface area contributed by atoms with E-state index in [0.29, 0.717) is 91.2 Å². The summed E-state index contributed by atoms with van der Waals surface area (Å²) in [4.78, 5) is 12.6. The highest BCUT2D eigenvalue weighted by Gasteiger charge is 2.16. The second-order valence-corrected chi connectivity index (χ2v) is 35.7. The van der Waals surface area contributed by atoms with E-state index in [9.17, 15) is 4.79 Å². The third-order valence-electron chi connectivity index (χ3n) is 24.4. The first-order valence-electron chi connectivity index (χ1n) is 51.0. The molecule has 1 amide bonds. The molecule has 0 aliphatic rings. The molecule has 14 nitrogen and oxygen atoms in total. The van der Waals surface area contributed by atoms with Gasteiger partial charge in [0.2, 0.25) is 0 Å². The van der Waals surface area contributed by atoms with Crippen LogP contribution in [0.3, 0.4) is 0 Å². The maximum atomic E-state index is 12.6. The Hall–Kier alpha value is -10.7. The molecule has 10 aromatic carbocycles. The molecule has 0 unspecified atom stereocenters.